The van der Waals surface area contributed by atoms with E-state index in [4.69, 9.17) is 23.8 Å². The van der Waals surface area contributed by atoms with Crippen LogP contribution in [0.3, 0.4) is 0 Å². The number of nitrogens with one attached hydrogen (secondary N) is 1. The molecule has 2 aromatic heterocycles. The summed E-state index contributed by atoms with van der Waals surface area (Å²) in [5.41, 5.74) is 1.80. The Morgan fingerprint density at radius 3 is 2.78 bits per heavy atom. The number of pyridine rings is 1. The Hall–Kier alpha value is -2.57. The summed E-state index contributed by atoms with van der Waals surface area (Å²) in [6.45, 7) is 0. The zero-order valence-electron chi connectivity index (χ0n) is 11.9. The molecule has 1 aromatic carbocycles. The van der Waals surface area contributed by atoms with E-state index >= 15 is 0 Å². The summed E-state index contributed by atoms with van der Waals surface area (Å²) in [7, 11) is 0. The number of hydrogen-bond acceptors (Lipinski definition) is 4. The molecule has 0 radical (unpaired) electrons. The van der Waals surface area contributed by atoms with Crippen LogP contribution >= 0.6 is 23.8 Å². The van der Waals surface area contributed by atoms with Crippen molar-refractivity contribution >= 4 is 36.1 Å². The Kier molecular flexibility index (Phi) is 4.75. The molecule has 0 aliphatic heterocycles. The molecule has 0 amide bonds. The van der Waals surface area contributed by atoms with Crippen molar-refractivity contribution < 1.29 is 0 Å². The van der Waals surface area contributed by atoms with Crippen molar-refractivity contribution in [2.75, 3.05) is 0 Å². The van der Waals surface area contributed by atoms with Crippen molar-refractivity contribution in [1.29, 1.82) is 0 Å². The van der Waals surface area contributed by atoms with Gasteiger partial charge < -0.3 is 0 Å². The number of aromatic amines is 1. The van der Waals surface area contributed by atoms with E-state index in [9.17, 15) is 0 Å². The average Bonchev–Trinajstić information content (AvgIpc) is 2.95. The summed E-state index contributed by atoms with van der Waals surface area (Å²) >= 11 is 11.4. The van der Waals surface area contributed by atoms with E-state index in [0.29, 0.717) is 15.6 Å². The SMILES string of the molecule is S=c1[nH]nc(-c2cccnc2)n1N=C/C(Cl)=C\c1ccccc1. The molecule has 3 rings (SSSR count). The van der Waals surface area contributed by atoms with E-state index in [1.54, 1.807) is 12.4 Å². The van der Waals surface area contributed by atoms with Crippen LogP contribution in [0.5, 0.6) is 0 Å². The van der Waals surface area contributed by atoms with Gasteiger partial charge in [0.05, 0.1) is 11.2 Å². The second-order valence-electron chi connectivity index (χ2n) is 4.59. The fraction of sp³-hybridized carbons (Fsp3) is 0. The van der Waals surface area contributed by atoms with Crippen molar-refractivity contribution in [3.8, 4) is 11.4 Å². The van der Waals surface area contributed by atoms with Crippen molar-refractivity contribution in [3.05, 3.63) is 70.2 Å². The minimum Gasteiger partial charge on any atom is -0.264 e. The van der Waals surface area contributed by atoms with E-state index < -0.39 is 0 Å². The molecule has 0 bridgehead atoms. The maximum absolute atomic E-state index is 6.20. The molecule has 0 saturated carbocycles. The minimum atomic E-state index is 0.379. The third-order valence-electron chi connectivity index (χ3n) is 2.97. The molecule has 0 spiro atoms. The molecule has 0 aliphatic rings. The Morgan fingerprint density at radius 2 is 2.04 bits per heavy atom. The van der Waals surface area contributed by atoms with Crippen molar-refractivity contribution in [1.82, 2.24) is 19.9 Å². The van der Waals surface area contributed by atoms with Gasteiger partial charge in [0.1, 0.15) is 0 Å². The first kappa shape index (κ1) is 15.3. The zero-order chi connectivity index (χ0) is 16.1. The lowest BCUT2D eigenvalue weighted by Crippen LogP contribution is -1.94. The Labute approximate surface area is 143 Å². The maximum Gasteiger partial charge on any atom is 0.216 e. The van der Waals surface area contributed by atoms with Crippen LogP contribution in [0.1, 0.15) is 5.56 Å². The Morgan fingerprint density at radius 1 is 1.22 bits per heavy atom. The number of rotatable bonds is 4. The van der Waals surface area contributed by atoms with Gasteiger partial charge in [-0.15, -0.1) is 0 Å². The number of nitrogens with zero attached hydrogens (tertiary/aromatic N) is 4. The van der Waals surface area contributed by atoms with Gasteiger partial charge >= 0.3 is 0 Å². The highest BCUT2D eigenvalue weighted by molar-refractivity contribution is 7.71. The van der Waals surface area contributed by atoms with E-state index in [-0.39, 0.29) is 0 Å². The molecule has 7 heteroatoms. The molecule has 5 nitrogen and oxygen atoms in total. The topological polar surface area (TPSA) is 58.9 Å². The van der Waals surface area contributed by atoms with Gasteiger partial charge in [-0.25, -0.2) is 5.10 Å². The highest BCUT2D eigenvalue weighted by Gasteiger charge is 2.07. The number of benzene rings is 1. The second kappa shape index (κ2) is 7.13. The van der Waals surface area contributed by atoms with Crippen LogP contribution in [0, 0.1) is 4.77 Å². The summed E-state index contributed by atoms with van der Waals surface area (Å²) in [4.78, 5) is 4.07. The van der Waals surface area contributed by atoms with Gasteiger partial charge in [0.15, 0.2) is 5.82 Å². The normalized spacial score (nSPS) is 12.0. The third-order valence-corrected chi connectivity index (χ3v) is 3.44. The smallest absolute Gasteiger partial charge is 0.216 e. The average molecular weight is 342 g/mol. The Balaban J connectivity index is 1.90. The number of H-pyrrole nitrogens is 1. The van der Waals surface area contributed by atoms with Gasteiger partial charge in [-0.1, -0.05) is 41.9 Å². The van der Waals surface area contributed by atoms with Gasteiger partial charge in [-0.2, -0.15) is 14.9 Å². The number of halogens is 1. The van der Waals surface area contributed by atoms with E-state index in [2.05, 4.69) is 20.3 Å². The highest BCUT2D eigenvalue weighted by atomic mass is 35.5. The summed E-state index contributed by atoms with van der Waals surface area (Å²) in [6.07, 6.45) is 6.73. The van der Waals surface area contributed by atoms with Crippen LogP contribution in [0.2, 0.25) is 0 Å². The fourth-order valence-corrected chi connectivity index (χ4v) is 2.29. The second-order valence-corrected chi connectivity index (χ2v) is 5.41. The van der Waals surface area contributed by atoms with E-state index in [1.807, 2.05) is 48.5 Å². The van der Waals surface area contributed by atoms with Gasteiger partial charge in [-0.3, -0.25) is 4.98 Å². The first-order valence-corrected chi connectivity index (χ1v) is 7.57. The first-order valence-electron chi connectivity index (χ1n) is 6.78. The maximum atomic E-state index is 6.20. The number of hydrogen-bond donors (Lipinski definition) is 1. The van der Waals surface area contributed by atoms with Gasteiger partial charge in [-0.05, 0) is 36.0 Å². The third kappa shape index (κ3) is 3.80. The summed E-state index contributed by atoms with van der Waals surface area (Å²) in [5, 5.41) is 11.7. The predicted molar refractivity (Wildman–Crippen MR) is 94.8 cm³/mol. The van der Waals surface area contributed by atoms with Gasteiger partial charge in [0, 0.05) is 18.0 Å². The Bertz CT molecular complexity index is 897. The molecule has 3 aromatic rings. The molecule has 114 valence electrons. The van der Waals surface area contributed by atoms with E-state index in [0.717, 1.165) is 11.1 Å². The summed E-state index contributed by atoms with van der Waals surface area (Å²) < 4.78 is 1.89. The van der Waals surface area contributed by atoms with Crippen LogP contribution in [0.15, 0.2) is 65.0 Å². The highest BCUT2D eigenvalue weighted by Crippen LogP contribution is 2.16. The molecule has 0 atom stereocenters. The summed E-state index contributed by atoms with van der Waals surface area (Å²) in [5.74, 6) is 0.573. The van der Waals surface area contributed by atoms with Crippen molar-refractivity contribution in [2.45, 2.75) is 0 Å². The van der Waals surface area contributed by atoms with Crippen molar-refractivity contribution in [3.63, 3.8) is 0 Å². The van der Waals surface area contributed by atoms with E-state index in [1.165, 1.54) is 10.9 Å². The van der Waals surface area contributed by atoms with Crippen LogP contribution in [0.4, 0.5) is 0 Å². The molecule has 2 heterocycles. The van der Waals surface area contributed by atoms with Gasteiger partial charge in [0.25, 0.3) is 0 Å². The molecule has 0 aliphatic carbocycles. The molecule has 0 saturated heterocycles. The van der Waals surface area contributed by atoms with Crippen LogP contribution in [0.25, 0.3) is 17.5 Å². The lowest BCUT2D eigenvalue weighted by molar-refractivity contribution is 0.871. The predicted octanol–water partition coefficient (Wildman–Crippen LogP) is 4.12. The standard InChI is InChI=1S/C16H12ClN5S/c17-14(9-12-5-2-1-3-6-12)11-19-22-15(20-21-16(22)23)13-7-4-8-18-10-13/h1-11H,(H,21,23)/b14-9+,19-11?. The van der Waals surface area contributed by atoms with Gasteiger partial charge in [0.2, 0.25) is 4.77 Å². The largest absolute Gasteiger partial charge is 0.264 e. The molecular weight excluding hydrogens is 330 g/mol. The summed E-state index contributed by atoms with van der Waals surface area (Å²) in [6, 6.07) is 13.5. The molecule has 0 unspecified atom stereocenters. The first-order chi connectivity index (χ1) is 11.2. The lowest BCUT2D eigenvalue weighted by Gasteiger charge is -1.99. The van der Waals surface area contributed by atoms with Crippen LogP contribution in [-0.4, -0.2) is 26.1 Å². The molecule has 1 N–H and O–H groups in total. The monoisotopic (exact) mass is 341 g/mol. The molecule has 0 fully saturated rings. The van der Waals surface area contributed by atoms with Crippen LogP contribution < -0.4 is 0 Å². The van der Waals surface area contributed by atoms with Crippen LogP contribution in [-0.2, 0) is 0 Å². The lowest BCUT2D eigenvalue weighted by atomic mass is 10.2. The quantitative estimate of drug-likeness (QED) is 0.573. The number of allylic oxidation sites excluding steroid dienone is 1. The molecule has 23 heavy (non-hydrogen) atoms. The fourth-order valence-electron chi connectivity index (χ4n) is 1.94. The minimum absolute atomic E-state index is 0.379. The zero-order valence-corrected chi connectivity index (χ0v) is 13.5. The molecular formula is C16H12ClN5S. The number of aromatic nitrogens is 4. The van der Waals surface area contributed by atoms with Crippen molar-refractivity contribution in [2.24, 2.45) is 5.10 Å².